The van der Waals surface area contributed by atoms with Crippen LogP contribution in [0.2, 0.25) is 0 Å². The number of hydrogen-bond donors (Lipinski definition) is 1. The quantitative estimate of drug-likeness (QED) is 0.869. The zero-order chi connectivity index (χ0) is 12.4. The van der Waals surface area contributed by atoms with Crippen molar-refractivity contribution in [3.63, 3.8) is 0 Å². The molecule has 1 fully saturated rings. The molecule has 1 aliphatic rings. The number of rotatable bonds is 3. The number of anilines is 1. The van der Waals surface area contributed by atoms with Crippen molar-refractivity contribution in [3.8, 4) is 0 Å². The van der Waals surface area contributed by atoms with Crippen molar-refractivity contribution in [3.05, 3.63) is 17.5 Å². The Morgan fingerprint density at radius 3 is 2.82 bits per heavy atom. The molecule has 0 bridgehead atoms. The number of aryl methyl sites for hydroxylation is 1. The van der Waals surface area contributed by atoms with Crippen LogP contribution in [0.5, 0.6) is 0 Å². The lowest BCUT2D eigenvalue weighted by atomic mass is 10.2. The summed E-state index contributed by atoms with van der Waals surface area (Å²) in [6.07, 6.45) is 5.51. The average Bonchev–Trinajstić information content (AvgIpc) is 2.70. The standard InChI is InChI=1S/C13H22N4/c1-4-12-6-5-9(2)17(12)13-15-8-11(7-14)10(3)16-13/h8-9,12H,4-7,14H2,1-3H3. The van der Waals surface area contributed by atoms with E-state index < -0.39 is 0 Å². The van der Waals surface area contributed by atoms with Crippen molar-refractivity contribution < 1.29 is 0 Å². The van der Waals surface area contributed by atoms with Crippen molar-refractivity contribution in [2.45, 2.75) is 58.7 Å². The van der Waals surface area contributed by atoms with E-state index in [1.54, 1.807) is 0 Å². The van der Waals surface area contributed by atoms with Gasteiger partial charge < -0.3 is 10.6 Å². The van der Waals surface area contributed by atoms with Gasteiger partial charge in [0.25, 0.3) is 0 Å². The Morgan fingerprint density at radius 1 is 1.47 bits per heavy atom. The maximum Gasteiger partial charge on any atom is 0.226 e. The number of aromatic nitrogens is 2. The predicted octanol–water partition coefficient (Wildman–Crippen LogP) is 2.01. The van der Waals surface area contributed by atoms with Gasteiger partial charge in [0, 0.05) is 36.1 Å². The highest BCUT2D eigenvalue weighted by Gasteiger charge is 2.31. The highest BCUT2D eigenvalue weighted by molar-refractivity contribution is 5.37. The van der Waals surface area contributed by atoms with Crippen LogP contribution in [0.1, 0.15) is 44.4 Å². The maximum atomic E-state index is 5.64. The first kappa shape index (κ1) is 12.3. The molecule has 2 unspecified atom stereocenters. The second kappa shape index (κ2) is 5.00. The third-order valence-corrected chi connectivity index (χ3v) is 3.78. The van der Waals surface area contributed by atoms with Crippen LogP contribution < -0.4 is 10.6 Å². The van der Waals surface area contributed by atoms with Crippen molar-refractivity contribution in [2.75, 3.05) is 4.90 Å². The van der Waals surface area contributed by atoms with Crippen LogP contribution in [0, 0.1) is 6.92 Å². The van der Waals surface area contributed by atoms with E-state index >= 15 is 0 Å². The normalized spacial score (nSPS) is 24.4. The molecule has 0 saturated carbocycles. The topological polar surface area (TPSA) is 55.0 Å². The Hall–Kier alpha value is -1.16. The van der Waals surface area contributed by atoms with Gasteiger partial charge in [-0.1, -0.05) is 6.92 Å². The van der Waals surface area contributed by atoms with Crippen LogP contribution >= 0.6 is 0 Å². The van der Waals surface area contributed by atoms with Gasteiger partial charge in [0.1, 0.15) is 0 Å². The molecule has 0 aliphatic carbocycles. The summed E-state index contributed by atoms with van der Waals surface area (Å²) < 4.78 is 0. The van der Waals surface area contributed by atoms with Gasteiger partial charge >= 0.3 is 0 Å². The molecule has 2 heterocycles. The number of nitrogens with two attached hydrogens (primary N) is 1. The van der Waals surface area contributed by atoms with Crippen molar-refractivity contribution >= 4 is 5.95 Å². The SMILES string of the molecule is CCC1CCC(C)N1c1ncc(CN)c(C)n1. The van der Waals surface area contributed by atoms with Gasteiger partial charge in [-0.05, 0) is 33.1 Å². The fourth-order valence-corrected chi connectivity index (χ4v) is 2.64. The van der Waals surface area contributed by atoms with E-state index in [1.807, 2.05) is 13.1 Å². The van der Waals surface area contributed by atoms with Crippen LogP contribution in [0.3, 0.4) is 0 Å². The maximum absolute atomic E-state index is 5.64. The third kappa shape index (κ3) is 2.27. The van der Waals surface area contributed by atoms with Crippen LogP contribution in [-0.4, -0.2) is 22.1 Å². The zero-order valence-corrected chi connectivity index (χ0v) is 11.0. The smallest absolute Gasteiger partial charge is 0.226 e. The molecule has 0 aromatic carbocycles. The molecule has 4 nitrogen and oxygen atoms in total. The molecule has 2 atom stereocenters. The summed E-state index contributed by atoms with van der Waals surface area (Å²) in [6, 6.07) is 1.14. The largest absolute Gasteiger partial charge is 0.335 e. The van der Waals surface area contributed by atoms with Crippen molar-refractivity contribution in [1.82, 2.24) is 9.97 Å². The van der Waals surface area contributed by atoms with E-state index in [1.165, 1.54) is 12.8 Å². The van der Waals surface area contributed by atoms with Gasteiger partial charge in [-0.25, -0.2) is 9.97 Å². The molecular weight excluding hydrogens is 212 g/mol. The minimum absolute atomic E-state index is 0.513. The molecule has 1 saturated heterocycles. The molecular formula is C13H22N4. The lowest BCUT2D eigenvalue weighted by molar-refractivity contribution is 0.611. The van der Waals surface area contributed by atoms with E-state index in [0.29, 0.717) is 18.6 Å². The summed E-state index contributed by atoms with van der Waals surface area (Å²) in [5.74, 6) is 0.872. The Kier molecular flexibility index (Phi) is 3.62. The van der Waals surface area contributed by atoms with Gasteiger partial charge in [-0.3, -0.25) is 0 Å². The molecule has 2 N–H and O–H groups in total. The molecule has 1 aliphatic heterocycles. The lowest BCUT2D eigenvalue weighted by Crippen LogP contribution is -2.35. The van der Waals surface area contributed by atoms with Crippen LogP contribution in [0.4, 0.5) is 5.95 Å². The van der Waals surface area contributed by atoms with Crippen LogP contribution in [-0.2, 0) is 6.54 Å². The molecule has 0 radical (unpaired) electrons. The van der Waals surface area contributed by atoms with E-state index in [0.717, 1.165) is 23.6 Å². The Labute approximate surface area is 103 Å². The molecule has 17 heavy (non-hydrogen) atoms. The van der Waals surface area contributed by atoms with Gasteiger partial charge in [0.2, 0.25) is 5.95 Å². The Balaban J connectivity index is 2.29. The highest BCUT2D eigenvalue weighted by atomic mass is 15.3. The monoisotopic (exact) mass is 234 g/mol. The first-order valence-electron chi connectivity index (χ1n) is 6.48. The van der Waals surface area contributed by atoms with Gasteiger partial charge in [0.15, 0.2) is 0 Å². The molecule has 1 aromatic rings. The summed E-state index contributed by atoms with van der Waals surface area (Å²) in [5, 5.41) is 0. The van der Waals surface area contributed by atoms with Crippen molar-refractivity contribution in [1.29, 1.82) is 0 Å². The lowest BCUT2D eigenvalue weighted by Gasteiger charge is -2.28. The first-order valence-corrected chi connectivity index (χ1v) is 6.48. The van der Waals surface area contributed by atoms with Crippen LogP contribution in [0.25, 0.3) is 0 Å². The van der Waals surface area contributed by atoms with E-state index in [-0.39, 0.29) is 0 Å². The second-order valence-corrected chi connectivity index (χ2v) is 4.88. The summed E-state index contributed by atoms with van der Waals surface area (Å²) in [5.41, 5.74) is 7.68. The minimum Gasteiger partial charge on any atom is -0.335 e. The van der Waals surface area contributed by atoms with Gasteiger partial charge in [-0.2, -0.15) is 0 Å². The highest BCUT2D eigenvalue weighted by Crippen LogP contribution is 2.29. The first-order chi connectivity index (χ1) is 8.17. The van der Waals surface area contributed by atoms with Crippen LogP contribution in [0.15, 0.2) is 6.20 Å². The summed E-state index contributed by atoms with van der Waals surface area (Å²) in [6.45, 7) is 7.01. The Morgan fingerprint density at radius 2 is 2.24 bits per heavy atom. The molecule has 2 rings (SSSR count). The molecule has 94 valence electrons. The fraction of sp³-hybridized carbons (Fsp3) is 0.692. The molecule has 4 heteroatoms. The van der Waals surface area contributed by atoms with E-state index in [9.17, 15) is 0 Å². The summed E-state index contributed by atoms with van der Waals surface area (Å²) in [7, 11) is 0. The minimum atomic E-state index is 0.513. The number of nitrogens with zero attached hydrogens (tertiary/aromatic N) is 3. The average molecular weight is 234 g/mol. The van der Waals surface area contributed by atoms with Gasteiger partial charge in [0.05, 0.1) is 0 Å². The Bertz CT molecular complexity index is 391. The third-order valence-electron chi connectivity index (χ3n) is 3.78. The van der Waals surface area contributed by atoms with E-state index in [2.05, 4.69) is 28.7 Å². The molecule has 0 spiro atoms. The summed E-state index contributed by atoms with van der Waals surface area (Å²) in [4.78, 5) is 11.5. The zero-order valence-electron chi connectivity index (χ0n) is 11.0. The molecule has 1 aromatic heterocycles. The van der Waals surface area contributed by atoms with E-state index in [4.69, 9.17) is 5.73 Å². The number of hydrogen-bond acceptors (Lipinski definition) is 4. The molecule has 0 amide bonds. The summed E-state index contributed by atoms with van der Waals surface area (Å²) >= 11 is 0. The predicted molar refractivity (Wildman–Crippen MR) is 69.9 cm³/mol. The van der Waals surface area contributed by atoms with Gasteiger partial charge in [-0.15, -0.1) is 0 Å². The van der Waals surface area contributed by atoms with Crippen molar-refractivity contribution in [2.24, 2.45) is 5.73 Å². The second-order valence-electron chi connectivity index (χ2n) is 4.88. The fourth-order valence-electron chi connectivity index (χ4n) is 2.64.